The first-order valence-electron chi connectivity index (χ1n) is 6.76. The topological polar surface area (TPSA) is 42.4 Å². The van der Waals surface area contributed by atoms with Crippen LogP contribution in [0, 0.1) is 0 Å². The first-order valence-corrected chi connectivity index (χ1v) is 6.76. The predicted octanol–water partition coefficient (Wildman–Crippen LogP) is 2.04. The van der Waals surface area contributed by atoms with E-state index in [1.807, 2.05) is 24.1 Å². The molecule has 0 unspecified atom stereocenters. The first-order chi connectivity index (χ1) is 8.98. The Hall–Kier alpha value is -1.42. The van der Waals surface area contributed by atoms with Crippen molar-refractivity contribution < 1.29 is 9.53 Å². The van der Waals surface area contributed by atoms with Gasteiger partial charge in [-0.05, 0) is 44.4 Å². The number of hydrogen-bond acceptors (Lipinski definition) is 3. The second kappa shape index (κ2) is 5.70. The van der Waals surface area contributed by atoms with Gasteiger partial charge in [0.05, 0.1) is 12.0 Å². The van der Waals surface area contributed by atoms with E-state index in [1.165, 1.54) is 0 Å². The number of likely N-dealkylation sites (N-methyl/N-ethyl adjacent to an activating group) is 1. The van der Waals surface area contributed by atoms with Gasteiger partial charge in [0.2, 0.25) is 5.91 Å². The summed E-state index contributed by atoms with van der Waals surface area (Å²) in [6, 6.07) is 4.05. The molecular weight excluding hydrogens is 240 g/mol. The number of carbonyl (C=O) groups excluding carboxylic acids is 1. The highest BCUT2D eigenvalue weighted by molar-refractivity contribution is 5.78. The summed E-state index contributed by atoms with van der Waals surface area (Å²) in [7, 11) is 1.90. The molecule has 0 radical (unpaired) electrons. The fourth-order valence-electron chi connectivity index (χ4n) is 2.53. The van der Waals surface area contributed by atoms with Gasteiger partial charge in [0.25, 0.3) is 0 Å². The van der Waals surface area contributed by atoms with Gasteiger partial charge in [-0.1, -0.05) is 0 Å². The van der Waals surface area contributed by atoms with Crippen LogP contribution in [-0.4, -0.2) is 41.1 Å². The molecule has 1 aliphatic rings. The summed E-state index contributed by atoms with van der Waals surface area (Å²) in [5, 5.41) is 0. The van der Waals surface area contributed by atoms with Crippen molar-refractivity contribution in [2.45, 2.75) is 44.8 Å². The number of nitrogens with zero attached hydrogens (tertiary/aromatic N) is 2. The molecule has 2 heterocycles. The van der Waals surface area contributed by atoms with Crippen LogP contribution < -0.4 is 0 Å². The number of rotatable bonds is 3. The molecule has 1 aliphatic heterocycles. The summed E-state index contributed by atoms with van der Waals surface area (Å²) < 4.78 is 5.70. The smallest absolute Gasteiger partial charge is 0.226 e. The number of aromatic nitrogens is 1. The highest BCUT2D eigenvalue weighted by Crippen LogP contribution is 2.27. The van der Waals surface area contributed by atoms with Crippen molar-refractivity contribution in [1.29, 1.82) is 0 Å². The summed E-state index contributed by atoms with van der Waals surface area (Å²) in [5.41, 5.74) is 0.881. The zero-order valence-corrected chi connectivity index (χ0v) is 11.9. The van der Waals surface area contributed by atoms with E-state index in [2.05, 4.69) is 18.8 Å². The number of pyridine rings is 1. The Kier molecular flexibility index (Phi) is 4.20. The molecule has 4 nitrogen and oxygen atoms in total. The highest BCUT2D eigenvalue weighted by Gasteiger charge is 2.32. The molecule has 0 bridgehead atoms. The number of carbonyl (C=O) groups is 1. The molecule has 0 spiro atoms. The fraction of sp³-hybridized carbons (Fsp3) is 0.600. The molecule has 1 aromatic rings. The van der Waals surface area contributed by atoms with Gasteiger partial charge < -0.3 is 9.64 Å². The molecule has 1 atom stereocenters. The maximum absolute atomic E-state index is 12.3. The number of hydrogen-bond donors (Lipinski definition) is 0. The highest BCUT2D eigenvalue weighted by atomic mass is 16.5. The Labute approximate surface area is 114 Å². The molecule has 4 heteroatoms. The first kappa shape index (κ1) is 14.0. The van der Waals surface area contributed by atoms with E-state index in [-0.39, 0.29) is 17.6 Å². The standard InChI is InChI=1S/C15H22N2O2/c1-15(2)11-13(6-9-19-15)17(3)14(18)10-12-4-7-16-8-5-12/h4-5,7-8,13H,6,9-11H2,1-3H3/t13-/m1/s1. The van der Waals surface area contributed by atoms with E-state index < -0.39 is 0 Å². The summed E-state index contributed by atoms with van der Waals surface area (Å²) in [4.78, 5) is 18.1. The minimum absolute atomic E-state index is 0.131. The zero-order chi connectivity index (χ0) is 13.9. The van der Waals surface area contributed by atoms with Gasteiger partial charge in [-0.15, -0.1) is 0 Å². The zero-order valence-electron chi connectivity index (χ0n) is 11.9. The summed E-state index contributed by atoms with van der Waals surface area (Å²) in [6.07, 6.45) is 5.70. The lowest BCUT2D eigenvalue weighted by atomic mass is 9.93. The lowest BCUT2D eigenvalue weighted by molar-refractivity contribution is -0.137. The van der Waals surface area contributed by atoms with Crippen LogP contribution in [0.15, 0.2) is 24.5 Å². The van der Waals surface area contributed by atoms with E-state index in [0.717, 1.165) is 25.0 Å². The molecular formula is C15H22N2O2. The minimum Gasteiger partial charge on any atom is -0.375 e. The van der Waals surface area contributed by atoms with Gasteiger partial charge in [0.15, 0.2) is 0 Å². The molecule has 19 heavy (non-hydrogen) atoms. The minimum atomic E-state index is -0.131. The van der Waals surface area contributed by atoms with E-state index in [9.17, 15) is 4.79 Å². The summed E-state index contributed by atoms with van der Waals surface area (Å²) in [6.45, 7) is 4.89. The molecule has 1 saturated heterocycles. The van der Waals surface area contributed by atoms with Crippen molar-refractivity contribution in [3.63, 3.8) is 0 Å². The van der Waals surface area contributed by atoms with Crippen LogP contribution in [0.4, 0.5) is 0 Å². The molecule has 104 valence electrons. The normalized spacial score (nSPS) is 21.9. The lowest BCUT2D eigenvalue weighted by Gasteiger charge is -2.39. The van der Waals surface area contributed by atoms with Gasteiger partial charge in [-0.2, -0.15) is 0 Å². The van der Waals surface area contributed by atoms with E-state index in [4.69, 9.17) is 4.74 Å². The van der Waals surface area contributed by atoms with Gasteiger partial charge in [-0.3, -0.25) is 9.78 Å². The molecule has 0 N–H and O–H groups in total. The molecule has 1 fully saturated rings. The Morgan fingerprint density at radius 3 is 2.79 bits per heavy atom. The molecule has 1 aromatic heterocycles. The van der Waals surface area contributed by atoms with Crippen molar-refractivity contribution in [3.8, 4) is 0 Å². The number of ether oxygens (including phenoxy) is 1. The van der Waals surface area contributed by atoms with Crippen molar-refractivity contribution >= 4 is 5.91 Å². The molecule has 1 amide bonds. The Balaban J connectivity index is 1.95. The molecule has 2 rings (SSSR count). The molecule has 0 saturated carbocycles. The van der Waals surface area contributed by atoms with Crippen molar-refractivity contribution in [2.24, 2.45) is 0 Å². The average Bonchev–Trinajstić information content (AvgIpc) is 2.38. The van der Waals surface area contributed by atoms with Crippen molar-refractivity contribution in [2.75, 3.05) is 13.7 Å². The summed E-state index contributed by atoms with van der Waals surface area (Å²) in [5.74, 6) is 0.161. The van der Waals surface area contributed by atoms with Crippen molar-refractivity contribution in [1.82, 2.24) is 9.88 Å². The fourth-order valence-corrected chi connectivity index (χ4v) is 2.53. The van der Waals surface area contributed by atoms with Crippen molar-refractivity contribution in [3.05, 3.63) is 30.1 Å². The Bertz CT molecular complexity index is 431. The number of amides is 1. The van der Waals surface area contributed by atoms with E-state index in [1.54, 1.807) is 12.4 Å². The van der Waals surface area contributed by atoms with Gasteiger partial charge in [0, 0.05) is 32.1 Å². The average molecular weight is 262 g/mol. The van der Waals surface area contributed by atoms with E-state index in [0.29, 0.717) is 6.42 Å². The van der Waals surface area contributed by atoms with Crippen LogP contribution >= 0.6 is 0 Å². The third kappa shape index (κ3) is 3.77. The van der Waals surface area contributed by atoms with Gasteiger partial charge >= 0.3 is 0 Å². The predicted molar refractivity (Wildman–Crippen MR) is 73.8 cm³/mol. The van der Waals surface area contributed by atoms with Crippen LogP contribution in [-0.2, 0) is 16.0 Å². The van der Waals surface area contributed by atoms with Crippen LogP contribution in [0.2, 0.25) is 0 Å². The molecule has 0 aliphatic carbocycles. The quantitative estimate of drug-likeness (QED) is 0.837. The lowest BCUT2D eigenvalue weighted by Crippen LogP contribution is -2.47. The maximum atomic E-state index is 12.3. The second-order valence-electron chi connectivity index (χ2n) is 5.79. The van der Waals surface area contributed by atoms with Crippen LogP contribution in [0.1, 0.15) is 32.3 Å². The third-order valence-electron chi connectivity index (χ3n) is 3.72. The largest absolute Gasteiger partial charge is 0.375 e. The Morgan fingerprint density at radius 2 is 2.16 bits per heavy atom. The van der Waals surface area contributed by atoms with Gasteiger partial charge in [-0.25, -0.2) is 0 Å². The maximum Gasteiger partial charge on any atom is 0.226 e. The summed E-state index contributed by atoms with van der Waals surface area (Å²) >= 11 is 0. The second-order valence-corrected chi connectivity index (χ2v) is 5.79. The monoisotopic (exact) mass is 262 g/mol. The third-order valence-corrected chi connectivity index (χ3v) is 3.72. The van der Waals surface area contributed by atoms with Gasteiger partial charge in [0.1, 0.15) is 0 Å². The SMILES string of the molecule is CN(C(=O)Cc1ccncc1)[C@@H]1CCOC(C)(C)C1. The molecule has 0 aromatic carbocycles. The van der Waals surface area contributed by atoms with Crippen LogP contribution in [0.3, 0.4) is 0 Å². The Morgan fingerprint density at radius 1 is 1.47 bits per heavy atom. The van der Waals surface area contributed by atoms with E-state index >= 15 is 0 Å². The van der Waals surface area contributed by atoms with Crippen LogP contribution in [0.5, 0.6) is 0 Å². The van der Waals surface area contributed by atoms with Crippen LogP contribution in [0.25, 0.3) is 0 Å².